The quantitative estimate of drug-likeness (QED) is 0.0802. The second kappa shape index (κ2) is 28.8. The minimum Gasteiger partial charge on any atom is -0.369 e. The monoisotopic (exact) mass is 1000 g/mol. The number of amides is 2. The first-order chi connectivity index (χ1) is 33.6. The number of halogens is 1. The second-order valence-corrected chi connectivity index (χ2v) is 24.0. The Balaban J connectivity index is 0.000000210. The lowest BCUT2D eigenvalue weighted by atomic mass is 9.63. The molecule has 8 fully saturated rings. The lowest BCUT2D eigenvalue weighted by Gasteiger charge is -2.41. The molecule has 6 N–H and O–H groups in total. The third kappa shape index (κ3) is 17.5. The van der Waals surface area contributed by atoms with E-state index in [4.69, 9.17) is 35.6 Å². The molecule has 0 aromatic carbocycles. The summed E-state index contributed by atoms with van der Waals surface area (Å²) in [5.41, 5.74) is 24.0. The summed E-state index contributed by atoms with van der Waals surface area (Å²) in [6, 6.07) is 0. The average molecular weight is 1000 g/mol. The number of primary amides is 2. The van der Waals surface area contributed by atoms with Crippen LogP contribution in [0.25, 0.3) is 10.4 Å². The van der Waals surface area contributed by atoms with Crippen molar-refractivity contribution in [2.24, 2.45) is 57.3 Å². The Kier molecular flexibility index (Phi) is 24.3. The predicted octanol–water partition coefficient (Wildman–Crippen LogP) is 13.4. The van der Waals surface area contributed by atoms with E-state index < -0.39 is 17.0 Å². The number of carbonyl (C=O) groups excluding carboxylic acids is 3. The van der Waals surface area contributed by atoms with Gasteiger partial charge < -0.3 is 17.2 Å². The largest absolute Gasteiger partial charge is 0.369 e. The highest BCUT2D eigenvalue weighted by Gasteiger charge is 2.53. The van der Waals surface area contributed by atoms with Crippen molar-refractivity contribution < 1.29 is 14.4 Å². The Morgan fingerprint density at radius 2 is 1.11 bits per heavy atom. The van der Waals surface area contributed by atoms with E-state index >= 15 is 0 Å². The van der Waals surface area contributed by atoms with Gasteiger partial charge in [0.2, 0.25) is 11.8 Å². The maximum atomic E-state index is 11.9. The SMILES string of the molecule is C#C[C@@](C)(CC1CCCCC1)C1CCCCC1.C#C[C@@](C)(N)C1CCCCC1.C[C@@](CC1CCCCC1)(c1cn(C2(C(N)=O)CC2)nn1)C1CCCCC1.Cl.O=C1CCCCC1.[N-]=[N+]=NC1(C(N)=O)CC1. The highest BCUT2D eigenvalue weighted by Crippen LogP contribution is 2.49. The van der Waals surface area contributed by atoms with Gasteiger partial charge >= 0.3 is 0 Å². The van der Waals surface area contributed by atoms with Crippen molar-refractivity contribution in [3.05, 3.63) is 22.3 Å². The van der Waals surface area contributed by atoms with E-state index in [-0.39, 0.29) is 34.7 Å². The zero-order valence-corrected chi connectivity index (χ0v) is 45.4. The van der Waals surface area contributed by atoms with E-state index in [0.717, 1.165) is 62.0 Å². The third-order valence-corrected chi connectivity index (χ3v) is 18.5. The topological polar surface area (TPSA) is 209 Å². The number of azide groups is 1. The molecule has 2 amide bonds. The number of hydrogen-bond acceptors (Lipinski definition) is 7. The summed E-state index contributed by atoms with van der Waals surface area (Å²) in [5.74, 6) is 9.36. The predicted molar refractivity (Wildman–Crippen MR) is 290 cm³/mol. The zero-order chi connectivity index (χ0) is 50.7. The van der Waals surface area contributed by atoms with Gasteiger partial charge in [0, 0.05) is 28.6 Å². The summed E-state index contributed by atoms with van der Waals surface area (Å²) >= 11 is 0. The molecule has 12 nitrogen and oxygen atoms in total. The molecule has 3 atom stereocenters. The number of nitrogens with two attached hydrogens (primary N) is 3. The van der Waals surface area contributed by atoms with Crippen LogP contribution in [0.2, 0.25) is 0 Å². The van der Waals surface area contributed by atoms with Gasteiger partial charge in [-0.25, -0.2) is 4.68 Å². The highest BCUT2D eigenvalue weighted by atomic mass is 35.5. The van der Waals surface area contributed by atoms with E-state index in [9.17, 15) is 14.4 Å². The number of ketones is 1. The highest BCUT2D eigenvalue weighted by molar-refractivity contribution is 5.88. The van der Waals surface area contributed by atoms with Crippen LogP contribution in [-0.4, -0.2) is 43.7 Å². The molecule has 0 bridgehead atoms. The van der Waals surface area contributed by atoms with Crippen molar-refractivity contribution in [3.8, 4) is 24.7 Å². The molecule has 8 saturated carbocycles. The molecule has 8 aliphatic carbocycles. The van der Waals surface area contributed by atoms with Gasteiger partial charge in [0.05, 0.1) is 17.4 Å². The van der Waals surface area contributed by atoms with Gasteiger partial charge in [-0.2, -0.15) is 0 Å². The van der Waals surface area contributed by atoms with Gasteiger partial charge in [-0.05, 0) is 139 Å². The Morgan fingerprint density at radius 3 is 1.48 bits per heavy atom. The molecule has 0 saturated heterocycles. The first-order valence-electron chi connectivity index (χ1n) is 28.4. The average Bonchev–Trinajstić information content (AvgIpc) is 4.33. The van der Waals surface area contributed by atoms with E-state index in [2.05, 4.69) is 52.2 Å². The first kappa shape index (κ1) is 60.0. The van der Waals surface area contributed by atoms with Gasteiger partial charge in [-0.15, -0.1) is 30.4 Å². The van der Waals surface area contributed by atoms with Gasteiger partial charge in [-0.3, -0.25) is 14.4 Å². The fourth-order valence-electron chi connectivity index (χ4n) is 13.1. The van der Waals surface area contributed by atoms with E-state index in [1.54, 1.807) is 4.68 Å². The molecule has 0 aliphatic heterocycles. The van der Waals surface area contributed by atoms with Crippen LogP contribution < -0.4 is 17.2 Å². The molecular formula is C58H96ClN9O3. The lowest BCUT2D eigenvalue weighted by Crippen LogP contribution is -2.43. The van der Waals surface area contributed by atoms with Crippen molar-refractivity contribution in [1.82, 2.24) is 15.0 Å². The molecule has 1 aromatic rings. The number of nitrogens with zero attached hydrogens (tertiary/aromatic N) is 6. The normalized spacial score (nSPS) is 24.9. The number of Topliss-reactive ketones (excluding diaryl/α,β-unsaturated/α-hetero) is 1. The van der Waals surface area contributed by atoms with Crippen LogP contribution in [0.4, 0.5) is 0 Å². The summed E-state index contributed by atoms with van der Waals surface area (Å²) in [5, 5.41) is 12.3. The molecule has 1 heterocycles. The fraction of sp³-hybridized carbons (Fsp3) is 0.845. The Labute approximate surface area is 435 Å². The molecule has 13 heteroatoms. The number of terminal acetylenes is 2. The minimum atomic E-state index is -0.852. The second-order valence-electron chi connectivity index (χ2n) is 24.0. The van der Waals surface area contributed by atoms with Gasteiger partial charge in [-0.1, -0.05) is 158 Å². The summed E-state index contributed by atoms with van der Waals surface area (Å²) in [6.45, 7) is 6.77. The van der Waals surface area contributed by atoms with Crippen LogP contribution in [-0.2, 0) is 25.3 Å². The smallest absolute Gasteiger partial charge is 0.245 e. The third-order valence-electron chi connectivity index (χ3n) is 18.5. The molecule has 0 radical (unpaired) electrons. The molecule has 398 valence electrons. The Bertz CT molecular complexity index is 1910. The van der Waals surface area contributed by atoms with E-state index in [1.807, 2.05) is 6.92 Å². The van der Waals surface area contributed by atoms with Gasteiger partial charge in [0.1, 0.15) is 16.9 Å². The molecule has 8 aliphatic rings. The fourth-order valence-corrected chi connectivity index (χ4v) is 13.1. The number of aromatic nitrogens is 3. The van der Waals surface area contributed by atoms with Crippen LogP contribution in [0.5, 0.6) is 0 Å². The molecule has 1 aromatic heterocycles. The van der Waals surface area contributed by atoms with Crippen molar-refractivity contribution in [2.45, 2.75) is 274 Å². The number of hydrogen-bond donors (Lipinski definition) is 3. The molecule has 9 rings (SSSR count). The Hall–Kier alpha value is -3.57. The standard InChI is InChI=1S/C21H34N4O.C17H28.C10H17N.C6H10O.C4H6N4O.ClH/c1-20(17-10-6-3-7-11-17,14-16-8-4-2-5-9-16)18-15-25(24-23-18)21(12-13-21)19(22)26;1-3-17(2,16-12-8-5-9-13-16)14-15-10-6-4-7-11-15;1-3-10(2,11)9-7-5-4-6-8-9;7-6-4-2-1-3-5-6;5-3(9)4(1-2-4)7-8-6;/h15-17H,2-14H2,1H3,(H2,22,26);1,15-16H,4-14H2,2H3;1,9H,4-8,11H2,2H3;1-5H2;1-2H2,(H2,5,9);1H/t20-;17-;10-;;;/m001.../s1. The maximum Gasteiger partial charge on any atom is 0.245 e. The summed E-state index contributed by atoms with van der Waals surface area (Å²) < 4.78 is 1.78. The van der Waals surface area contributed by atoms with Crippen LogP contribution in [0.1, 0.15) is 258 Å². The van der Waals surface area contributed by atoms with Crippen LogP contribution in [0.15, 0.2) is 11.3 Å². The van der Waals surface area contributed by atoms with Crippen LogP contribution in [0.3, 0.4) is 0 Å². The van der Waals surface area contributed by atoms with Crippen molar-refractivity contribution in [2.75, 3.05) is 0 Å². The van der Waals surface area contributed by atoms with E-state index in [1.165, 1.54) is 180 Å². The summed E-state index contributed by atoms with van der Waals surface area (Å²) in [6.07, 6.45) is 58.0. The van der Waals surface area contributed by atoms with Gasteiger partial charge in [0.25, 0.3) is 0 Å². The minimum absolute atomic E-state index is 0. The van der Waals surface area contributed by atoms with Crippen molar-refractivity contribution in [3.63, 3.8) is 0 Å². The van der Waals surface area contributed by atoms with Gasteiger partial charge in [0.15, 0.2) is 0 Å². The Morgan fingerprint density at radius 1 is 0.676 bits per heavy atom. The van der Waals surface area contributed by atoms with Crippen LogP contribution >= 0.6 is 12.4 Å². The maximum absolute atomic E-state index is 11.9. The molecule has 71 heavy (non-hydrogen) atoms. The first-order valence-corrected chi connectivity index (χ1v) is 28.4. The molecule has 0 unspecified atom stereocenters. The van der Waals surface area contributed by atoms with Crippen LogP contribution in [0, 0.1) is 59.7 Å². The lowest BCUT2D eigenvalue weighted by molar-refractivity contribution is -0.123. The summed E-state index contributed by atoms with van der Waals surface area (Å²) in [4.78, 5) is 35.3. The molecule has 0 spiro atoms. The van der Waals surface area contributed by atoms with E-state index in [0.29, 0.717) is 30.5 Å². The number of carbonyl (C=O) groups is 3. The molecular weight excluding hydrogens is 906 g/mol. The zero-order valence-electron chi connectivity index (χ0n) is 44.6. The number of rotatable bonds is 12. The summed E-state index contributed by atoms with van der Waals surface area (Å²) in [7, 11) is 0. The van der Waals surface area contributed by atoms with Crippen molar-refractivity contribution >= 4 is 30.0 Å². The van der Waals surface area contributed by atoms with Crippen molar-refractivity contribution in [1.29, 1.82) is 0 Å².